The third-order valence-corrected chi connectivity index (χ3v) is 5.42. The topological polar surface area (TPSA) is 29.5 Å². The average Bonchev–Trinajstić information content (AvgIpc) is 3.00. The van der Waals surface area contributed by atoms with Crippen LogP contribution in [0, 0.1) is 5.92 Å². The van der Waals surface area contributed by atoms with E-state index in [1.165, 1.54) is 12.1 Å². The Labute approximate surface area is 148 Å². The molecule has 0 N–H and O–H groups in total. The Hall–Kier alpha value is -1.86. The highest BCUT2D eigenvalue weighted by molar-refractivity contribution is 5.98. The fourth-order valence-corrected chi connectivity index (χ4v) is 4.31. The second-order valence-electron chi connectivity index (χ2n) is 6.85. The lowest BCUT2D eigenvalue weighted by Crippen LogP contribution is -2.49. The summed E-state index contributed by atoms with van der Waals surface area (Å²) in [5.74, 6) is -1.45. The highest BCUT2D eigenvalue weighted by Gasteiger charge is 2.55. The van der Waals surface area contributed by atoms with Crippen molar-refractivity contribution in [3.63, 3.8) is 0 Å². The Balaban J connectivity index is 2.03. The molecule has 2 aliphatic rings. The Kier molecular flexibility index (Phi) is 5.12. The van der Waals surface area contributed by atoms with Crippen molar-refractivity contribution in [1.29, 1.82) is 0 Å². The number of nitrogens with zero attached hydrogens (tertiary/aromatic N) is 1. The summed E-state index contributed by atoms with van der Waals surface area (Å²) in [6.45, 7) is 0. The van der Waals surface area contributed by atoms with E-state index < -0.39 is 36.2 Å². The maximum Gasteiger partial charge on any atom is 0.408 e. The van der Waals surface area contributed by atoms with Crippen LogP contribution in [0.3, 0.4) is 0 Å². The molecule has 1 saturated heterocycles. The zero-order valence-electron chi connectivity index (χ0n) is 14.2. The molecule has 0 bridgehead atoms. The molecule has 0 radical (unpaired) electrons. The van der Waals surface area contributed by atoms with Crippen molar-refractivity contribution in [2.75, 3.05) is 7.11 Å². The first-order valence-corrected chi connectivity index (χ1v) is 8.60. The van der Waals surface area contributed by atoms with E-state index in [1.54, 1.807) is 0 Å². The number of ether oxygens (including phenoxy) is 1. The normalized spacial score (nSPS) is 26.1. The molecule has 2 fully saturated rings. The number of hydrogen-bond donors (Lipinski definition) is 0. The number of methoxy groups -OCH3 is 1. The SMILES string of the molecule is COc1c(C(=O)N2[C@H](C(F)(F)F)C[C@@H]3CCCC[C@@H]32)cccc1C(F)F. The summed E-state index contributed by atoms with van der Waals surface area (Å²) in [6.07, 6.45) is -4.83. The van der Waals surface area contributed by atoms with Gasteiger partial charge in [-0.1, -0.05) is 18.9 Å². The maximum atomic E-state index is 13.6. The van der Waals surface area contributed by atoms with E-state index in [2.05, 4.69) is 0 Å². The third-order valence-electron chi connectivity index (χ3n) is 5.42. The molecule has 1 amide bonds. The number of fused-ring (bicyclic) bond motifs is 1. The van der Waals surface area contributed by atoms with Crippen LogP contribution in [0.5, 0.6) is 5.75 Å². The minimum atomic E-state index is -4.55. The Morgan fingerprint density at radius 2 is 1.92 bits per heavy atom. The lowest BCUT2D eigenvalue weighted by molar-refractivity contribution is -0.172. The van der Waals surface area contributed by atoms with Crippen molar-refractivity contribution in [3.8, 4) is 5.75 Å². The fourth-order valence-electron chi connectivity index (χ4n) is 4.31. The number of benzene rings is 1. The van der Waals surface area contributed by atoms with Gasteiger partial charge in [0, 0.05) is 6.04 Å². The van der Waals surface area contributed by atoms with Gasteiger partial charge in [0.25, 0.3) is 12.3 Å². The van der Waals surface area contributed by atoms with E-state index in [4.69, 9.17) is 4.74 Å². The first-order chi connectivity index (χ1) is 12.3. The van der Waals surface area contributed by atoms with E-state index in [0.29, 0.717) is 12.8 Å². The van der Waals surface area contributed by atoms with Crippen LogP contribution < -0.4 is 4.74 Å². The molecule has 144 valence electrons. The molecule has 8 heteroatoms. The van der Waals surface area contributed by atoms with Crippen molar-refractivity contribution >= 4 is 5.91 Å². The molecule has 26 heavy (non-hydrogen) atoms. The van der Waals surface area contributed by atoms with Crippen molar-refractivity contribution in [3.05, 3.63) is 29.3 Å². The molecule has 1 heterocycles. The Morgan fingerprint density at radius 3 is 2.54 bits per heavy atom. The van der Waals surface area contributed by atoms with E-state index in [9.17, 15) is 26.7 Å². The number of rotatable bonds is 3. The van der Waals surface area contributed by atoms with Gasteiger partial charge >= 0.3 is 6.18 Å². The Morgan fingerprint density at radius 1 is 1.23 bits per heavy atom. The zero-order valence-corrected chi connectivity index (χ0v) is 14.2. The molecule has 1 aliphatic carbocycles. The number of alkyl halides is 5. The number of halogens is 5. The van der Waals surface area contributed by atoms with Crippen LogP contribution in [0.2, 0.25) is 0 Å². The van der Waals surface area contributed by atoms with E-state index in [0.717, 1.165) is 30.9 Å². The van der Waals surface area contributed by atoms with Crippen LogP contribution in [-0.2, 0) is 0 Å². The smallest absolute Gasteiger partial charge is 0.408 e. The number of para-hydroxylation sites is 1. The van der Waals surface area contributed by atoms with Crippen molar-refractivity contribution in [2.24, 2.45) is 5.92 Å². The molecule has 0 aromatic heterocycles. The molecule has 0 spiro atoms. The number of hydrogen-bond acceptors (Lipinski definition) is 2. The first kappa shape index (κ1) is 18.9. The lowest BCUT2D eigenvalue weighted by Gasteiger charge is -2.35. The largest absolute Gasteiger partial charge is 0.495 e. The molecule has 0 unspecified atom stereocenters. The fraction of sp³-hybridized carbons (Fsp3) is 0.611. The predicted molar refractivity (Wildman–Crippen MR) is 84.3 cm³/mol. The van der Waals surface area contributed by atoms with Gasteiger partial charge in [-0.2, -0.15) is 13.2 Å². The monoisotopic (exact) mass is 377 g/mol. The van der Waals surface area contributed by atoms with Crippen LogP contribution in [-0.4, -0.2) is 36.2 Å². The summed E-state index contributed by atoms with van der Waals surface area (Å²) >= 11 is 0. The maximum absolute atomic E-state index is 13.6. The molecule has 1 saturated carbocycles. The van der Waals surface area contributed by atoms with Crippen LogP contribution in [0.4, 0.5) is 22.0 Å². The predicted octanol–water partition coefficient (Wildman–Crippen LogP) is 4.97. The van der Waals surface area contributed by atoms with Gasteiger partial charge in [-0.3, -0.25) is 4.79 Å². The summed E-state index contributed by atoms with van der Waals surface area (Å²) in [6, 6.07) is 1.20. The Bertz CT molecular complexity index is 676. The molecule has 1 aliphatic heterocycles. The van der Waals surface area contributed by atoms with Gasteiger partial charge < -0.3 is 9.64 Å². The first-order valence-electron chi connectivity index (χ1n) is 8.60. The van der Waals surface area contributed by atoms with Gasteiger partial charge in [-0.05, 0) is 37.3 Å². The molecule has 1 aromatic carbocycles. The van der Waals surface area contributed by atoms with Gasteiger partial charge in [-0.15, -0.1) is 0 Å². The molecular formula is C18H20F5NO2. The van der Waals surface area contributed by atoms with E-state index in [1.807, 2.05) is 0 Å². The summed E-state index contributed by atoms with van der Waals surface area (Å²) in [5.41, 5.74) is -0.743. The average molecular weight is 377 g/mol. The lowest BCUT2D eigenvalue weighted by atomic mass is 9.84. The van der Waals surface area contributed by atoms with Crippen molar-refractivity contribution in [2.45, 2.75) is 56.8 Å². The molecule has 3 atom stereocenters. The van der Waals surface area contributed by atoms with Gasteiger partial charge in [0.15, 0.2) is 0 Å². The number of carbonyl (C=O) groups is 1. The highest BCUT2D eigenvalue weighted by Crippen LogP contribution is 2.46. The summed E-state index contributed by atoms with van der Waals surface area (Å²) in [5, 5.41) is 0. The number of carbonyl (C=O) groups excluding carboxylic acids is 1. The molecule has 1 aromatic rings. The van der Waals surface area contributed by atoms with Crippen LogP contribution >= 0.6 is 0 Å². The standard InChI is InChI=1S/C18H20F5NO2/c1-26-15-11(16(19)20)6-4-7-12(15)17(25)24-13-8-3-2-5-10(13)9-14(24)18(21,22)23/h4,6-7,10,13-14,16H,2-3,5,8-9H2,1H3/t10-,13-,14-/m0/s1. The van der Waals surface area contributed by atoms with Crippen LogP contribution in [0.1, 0.15) is 54.5 Å². The van der Waals surface area contributed by atoms with Gasteiger partial charge in [0.1, 0.15) is 11.8 Å². The molecule has 3 nitrogen and oxygen atoms in total. The highest BCUT2D eigenvalue weighted by atomic mass is 19.4. The van der Waals surface area contributed by atoms with Crippen LogP contribution in [0.15, 0.2) is 18.2 Å². The summed E-state index contributed by atoms with van der Waals surface area (Å²) in [4.78, 5) is 13.9. The second-order valence-corrected chi connectivity index (χ2v) is 6.85. The van der Waals surface area contributed by atoms with Gasteiger partial charge in [0.05, 0.1) is 18.2 Å². The van der Waals surface area contributed by atoms with Crippen LogP contribution in [0.25, 0.3) is 0 Å². The minimum Gasteiger partial charge on any atom is -0.495 e. The van der Waals surface area contributed by atoms with E-state index >= 15 is 0 Å². The van der Waals surface area contributed by atoms with Gasteiger partial charge in [-0.25, -0.2) is 8.78 Å². The quantitative estimate of drug-likeness (QED) is 0.696. The minimum absolute atomic E-state index is 0.128. The third kappa shape index (κ3) is 3.25. The number of amides is 1. The zero-order chi connectivity index (χ0) is 19.1. The second kappa shape index (κ2) is 7.04. The number of likely N-dealkylation sites (tertiary alicyclic amines) is 1. The van der Waals surface area contributed by atoms with Crippen molar-refractivity contribution in [1.82, 2.24) is 4.90 Å². The van der Waals surface area contributed by atoms with Crippen molar-refractivity contribution < 1.29 is 31.5 Å². The van der Waals surface area contributed by atoms with Gasteiger partial charge in [0.2, 0.25) is 0 Å². The summed E-state index contributed by atoms with van der Waals surface area (Å²) in [7, 11) is 1.13. The van der Waals surface area contributed by atoms with E-state index in [-0.39, 0.29) is 23.7 Å². The molecule has 3 rings (SSSR count). The molecular weight excluding hydrogens is 357 g/mol. The summed E-state index contributed by atoms with van der Waals surface area (Å²) < 4.78 is 72.1.